The van der Waals surface area contributed by atoms with Crippen molar-refractivity contribution in [2.75, 3.05) is 31.1 Å². The molecule has 3 heterocycles. The Morgan fingerprint density at radius 1 is 1.18 bits per heavy atom. The van der Waals surface area contributed by atoms with E-state index in [1.807, 2.05) is 11.0 Å². The van der Waals surface area contributed by atoms with Gasteiger partial charge in [-0.05, 0) is 18.9 Å². The molecule has 2 atom stereocenters. The fourth-order valence-corrected chi connectivity index (χ4v) is 3.99. The van der Waals surface area contributed by atoms with Crippen molar-refractivity contribution in [3.63, 3.8) is 0 Å². The Morgan fingerprint density at radius 3 is 2.73 bits per heavy atom. The van der Waals surface area contributed by atoms with Gasteiger partial charge in [0.15, 0.2) is 0 Å². The summed E-state index contributed by atoms with van der Waals surface area (Å²) in [5, 5.41) is 0. The molecule has 0 unspecified atom stereocenters. The van der Waals surface area contributed by atoms with Gasteiger partial charge in [0.1, 0.15) is 0 Å². The maximum Gasteiger partial charge on any atom is 0.225 e. The van der Waals surface area contributed by atoms with Gasteiger partial charge in [0.25, 0.3) is 0 Å². The predicted molar refractivity (Wildman–Crippen MR) is 81.4 cm³/mol. The van der Waals surface area contributed by atoms with Gasteiger partial charge < -0.3 is 14.5 Å². The van der Waals surface area contributed by atoms with Gasteiger partial charge in [0, 0.05) is 37.9 Å². The Bertz CT molecular complexity index is 532. The fourth-order valence-electron chi connectivity index (χ4n) is 3.99. The number of carbonyl (C=O) groups excluding carboxylic acids is 1. The smallest absolute Gasteiger partial charge is 0.225 e. The zero-order valence-corrected chi connectivity index (χ0v) is 12.7. The molecule has 1 aromatic rings. The second-order valence-corrected chi connectivity index (χ2v) is 6.44. The van der Waals surface area contributed by atoms with Gasteiger partial charge in [0.2, 0.25) is 11.9 Å². The zero-order valence-electron chi connectivity index (χ0n) is 12.7. The van der Waals surface area contributed by atoms with Crippen LogP contribution >= 0.6 is 0 Å². The van der Waals surface area contributed by atoms with Crippen LogP contribution in [0.4, 0.5) is 5.95 Å². The number of amides is 1. The second-order valence-electron chi connectivity index (χ2n) is 6.44. The van der Waals surface area contributed by atoms with Crippen LogP contribution in [0.3, 0.4) is 0 Å². The van der Waals surface area contributed by atoms with Crippen molar-refractivity contribution in [2.45, 2.75) is 37.8 Å². The van der Waals surface area contributed by atoms with Gasteiger partial charge in [-0.1, -0.05) is 12.8 Å². The minimum atomic E-state index is 0.0860. The van der Waals surface area contributed by atoms with Crippen LogP contribution in [-0.4, -0.2) is 59.2 Å². The highest BCUT2D eigenvalue weighted by Gasteiger charge is 2.44. The zero-order chi connectivity index (χ0) is 14.9. The van der Waals surface area contributed by atoms with Crippen LogP contribution in [0.25, 0.3) is 0 Å². The Morgan fingerprint density at radius 2 is 1.95 bits per heavy atom. The maximum atomic E-state index is 12.7. The predicted octanol–water partition coefficient (Wildman–Crippen LogP) is 1.08. The molecular weight excluding hydrogens is 280 g/mol. The lowest BCUT2D eigenvalue weighted by atomic mass is 10.1. The van der Waals surface area contributed by atoms with Crippen LogP contribution in [-0.2, 0) is 9.53 Å². The van der Waals surface area contributed by atoms with Crippen LogP contribution in [0, 0.1) is 5.92 Å². The van der Waals surface area contributed by atoms with E-state index in [2.05, 4.69) is 14.9 Å². The number of hydrogen-bond donors (Lipinski definition) is 0. The number of hydrogen-bond acceptors (Lipinski definition) is 5. The summed E-state index contributed by atoms with van der Waals surface area (Å²) in [6.07, 6.45) is 8.11. The minimum Gasteiger partial charge on any atom is -0.372 e. The highest BCUT2D eigenvalue weighted by Crippen LogP contribution is 2.31. The van der Waals surface area contributed by atoms with Crippen LogP contribution in [0.2, 0.25) is 0 Å². The molecule has 22 heavy (non-hydrogen) atoms. The summed E-state index contributed by atoms with van der Waals surface area (Å²) in [5.41, 5.74) is 0. The molecule has 1 aromatic heterocycles. The van der Waals surface area contributed by atoms with Crippen molar-refractivity contribution in [1.82, 2.24) is 14.9 Å². The van der Waals surface area contributed by atoms with Crippen LogP contribution in [0.15, 0.2) is 18.5 Å². The Hall–Kier alpha value is -1.69. The van der Waals surface area contributed by atoms with E-state index in [0.717, 1.165) is 31.9 Å². The van der Waals surface area contributed by atoms with E-state index in [0.29, 0.717) is 19.1 Å². The fraction of sp³-hybridized carbons (Fsp3) is 0.688. The average Bonchev–Trinajstić information content (AvgIpc) is 3.24. The largest absolute Gasteiger partial charge is 0.372 e. The summed E-state index contributed by atoms with van der Waals surface area (Å²) in [6, 6.07) is 2.01. The molecule has 0 N–H and O–H groups in total. The normalized spacial score (nSPS) is 28.9. The van der Waals surface area contributed by atoms with Crippen molar-refractivity contribution in [1.29, 1.82) is 0 Å². The van der Waals surface area contributed by atoms with Crippen molar-refractivity contribution in [3.05, 3.63) is 18.5 Å². The molecule has 3 aliphatic rings. The van der Waals surface area contributed by atoms with Gasteiger partial charge >= 0.3 is 0 Å². The molecule has 0 radical (unpaired) electrons. The first kappa shape index (κ1) is 13.9. The van der Waals surface area contributed by atoms with E-state index in [9.17, 15) is 4.79 Å². The monoisotopic (exact) mass is 302 g/mol. The van der Waals surface area contributed by atoms with E-state index in [1.165, 1.54) is 12.8 Å². The number of likely N-dealkylation sites (tertiary alicyclic amines) is 1. The van der Waals surface area contributed by atoms with E-state index >= 15 is 0 Å². The number of carbonyl (C=O) groups is 1. The molecular formula is C16H22N4O2. The molecule has 2 saturated heterocycles. The number of rotatable bonds is 2. The lowest BCUT2D eigenvalue weighted by Gasteiger charge is -2.36. The highest BCUT2D eigenvalue weighted by atomic mass is 16.5. The third-order valence-electron chi connectivity index (χ3n) is 5.13. The van der Waals surface area contributed by atoms with Gasteiger partial charge in [-0.2, -0.15) is 0 Å². The van der Waals surface area contributed by atoms with Gasteiger partial charge in [-0.3, -0.25) is 4.79 Å². The third-order valence-corrected chi connectivity index (χ3v) is 5.13. The number of fused-ring (bicyclic) bond motifs is 1. The number of nitrogens with zero attached hydrogens (tertiary/aromatic N) is 4. The highest BCUT2D eigenvalue weighted by molar-refractivity contribution is 5.79. The van der Waals surface area contributed by atoms with Crippen molar-refractivity contribution >= 4 is 11.9 Å². The first-order valence-corrected chi connectivity index (χ1v) is 8.27. The summed E-state index contributed by atoms with van der Waals surface area (Å²) in [5.74, 6) is 1.31. The molecule has 3 fully saturated rings. The number of aromatic nitrogens is 2. The van der Waals surface area contributed by atoms with E-state index in [1.54, 1.807) is 12.4 Å². The summed E-state index contributed by atoms with van der Waals surface area (Å²) >= 11 is 0. The summed E-state index contributed by atoms with van der Waals surface area (Å²) < 4.78 is 5.91. The van der Waals surface area contributed by atoms with Gasteiger partial charge in [-0.15, -0.1) is 0 Å². The molecule has 118 valence electrons. The molecule has 0 spiro atoms. The molecule has 0 bridgehead atoms. The van der Waals surface area contributed by atoms with Gasteiger partial charge in [-0.25, -0.2) is 9.97 Å². The number of anilines is 1. The van der Waals surface area contributed by atoms with Crippen molar-refractivity contribution in [3.8, 4) is 0 Å². The first-order valence-electron chi connectivity index (χ1n) is 8.27. The topological polar surface area (TPSA) is 58.6 Å². The molecule has 2 aliphatic heterocycles. The lowest BCUT2D eigenvalue weighted by molar-refractivity contribution is -0.134. The molecule has 6 nitrogen and oxygen atoms in total. The molecule has 6 heteroatoms. The second kappa shape index (κ2) is 5.83. The maximum absolute atomic E-state index is 12.7. The molecule has 0 aromatic carbocycles. The van der Waals surface area contributed by atoms with Crippen LogP contribution in [0.5, 0.6) is 0 Å². The summed E-state index contributed by atoms with van der Waals surface area (Å²) in [4.78, 5) is 25.6. The average molecular weight is 302 g/mol. The molecule has 1 saturated carbocycles. The number of ether oxygens (including phenoxy) is 1. The Kier molecular flexibility index (Phi) is 3.70. The van der Waals surface area contributed by atoms with Crippen molar-refractivity contribution < 1.29 is 9.53 Å². The summed E-state index contributed by atoms with van der Waals surface area (Å²) in [7, 11) is 0. The quantitative estimate of drug-likeness (QED) is 0.818. The van der Waals surface area contributed by atoms with Crippen LogP contribution in [0.1, 0.15) is 25.7 Å². The summed E-state index contributed by atoms with van der Waals surface area (Å²) in [6.45, 7) is 2.91. The van der Waals surface area contributed by atoms with E-state index in [4.69, 9.17) is 4.74 Å². The minimum absolute atomic E-state index is 0.0860. The Balaban J connectivity index is 1.49. The first-order chi connectivity index (χ1) is 10.8. The van der Waals surface area contributed by atoms with E-state index in [-0.39, 0.29) is 18.1 Å². The molecule has 4 rings (SSSR count). The Labute approximate surface area is 130 Å². The standard InChI is InChI=1S/C16H22N4O2/c21-15(12-4-1-2-5-12)19-10-13-14(11-19)22-9-8-20(13)16-17-6-3-7-18-16/h3,6-7,12-14H,1-2,4-5,8-11H2/t13-,14+/m1/s1. The molecule has 1 aliphatic carbocycles. The SMILES string of the molecule is O=C(C1CCCC1)N1C[C@@H]2OCCN(c3ncccn3)[C@@H]2C1. The lowest BCUT2D eigenvalue weighted by Crippen LogP contribution is -2.51. The van der Waals surface area contributed by atoms with Gasteiger partial charge in [0.05, 0.1) is 18.8 Å². The van der Waals surface area contributed by atoms with Crippen LogP contribution < -0.4 is 4.90 Å². The number of morpholine rings is 1. The van der Waals surface area contributed by atoms with Crippen molar-refractivity contribution in [2.24, 2.45) is 5.92 Å². The third kappa shape index (κ3) is 2.45. The molecule has 1 amide bonds. The van der Waals surface area contributed by atoms with E-state index < -0.39 is 0 Å².